The highest BCUT2D eigenvalue weighted by Crippen LogP contribution is 2.46. The van der Waals surface area contributed by atoms with Gasteiger partial charge in [-0.3, -0.25) is 0 Å². The van der Waals surface area contributed by atoms with Crippen LogP contribution in [-0.4, -0.2) is 4.98 Å². The van der Waals surface area contributed by atoms with Crippen molar-refractivity contribution in [2.45, 2.75) is 0 Å². The molecule has 5 heteroatoms. The van der Waals surface area contributed by atoms with E-state index in [-0.39, 0.29) is 0 Å². The minimum atomic E-state index is -3.30. The maximum absolute atomic E-state index is 15.4. The molecule has 0 unspecified atom stereocenters. The number of pyridine rings is 1. The molecule has 0 saturated heterocycles. The van der Waals surface area contributed by atoms with Crippen LogP contribution in [0.1, 0.15) is 0 Å². The number of aromatic nitrogens is 1. The van der Waals surface area contributed by atoms with Crippen LogP contribution in [0, 0.1) is 0 Å². The van der Waals surface area contributed by atoms with Crippen LogP contribution in [0.5, 0.6) is 0 Å². The van der Waals surface area contributed by atoms with Gasteiger partial charge in [-0.05, 0) is 18.2 Å². The Bertz CT molecular complexity index is 1890. The van der Waals surface area contributed by atoms with Crippen LogP contribution in [0.2, 0.25) is 0 Å². The van der Waals surface area contributed by atoms with Gasteiger partial charge in [0.1, 0.15) is 0 Å². The van der Waals surface area contributed by atoms with Crippen LogP contribution in [0.3, 0.4) is 0 Å². The molecule has 0 aliphatic heterocycles. The lowest BCUT2D eigenvalue weighted by Crippen LogP contribution is -2.27. The number of fused-ring (bicyclic) bond motifs is 2. The standard InChI is InChI=1S/C37H27NO2P2/c39-41(30-17-5-1-6-18-30,31-19-7-2-8-20-31)34-25-13-15-28-27-29-16-14-26-35(37(29)38-36(28)34)42(40,32-21-9-3-10-22-32)33-23-11-4-12-24-33/h1-27H. The van der Waals surface area contributed by atoms with Gasteiger partial charge >= 0.3 is 0 Å². The maximum atomic E-state index is 15.4. The summed E-state index contributed by atoms with van der Waals surface area (Å²) in [5.41, 5.74) is 1.31. The highest BCUT2D eigenvalue weighted by molar-refractivity contribution is 7.86. The summed E-state index contributed by atoms with van der Waals surface area (Å²) in [6.45, 7) is 0. The van der Waals surface area contributed by atoms with Crippen LogP contribution >= 0.6 is 14.3 Å². The first-order chi connectivity index (χ1) is 20.6. The molecule has 0 radical (unpaired) electrons. The van der Waals surface area contributed by atoms with Crippen molar-refractivity contribution in [1.82, 2.24) is 4.98 Å². The second-order valence-electron chi connectivity index (χ2n) is 10.2. The van der Waals surface area contributed by atoms with Gasteiger partial charge in [-0.25, -0.2) is 4.98 Å². The number of hydrogen-bond acceptors (Lipinski definition) is 3. The normalized spacial score (nSPS) is 12.0. The first-order valence-electron chi connectivity index (χ1n) is 13.9. The molecular formula is C37H27NO2P2. The molecule has 202 valence electrons. The second kappa shape index (κ2) is 10.7. The number of para-hydroxylation sites is 2. The van der Waals surface area contributed by atoms with Crippen molar-refractivity contribution < 1.29 is 9.13 Å². The minimum absolute atomic E-state index is 0.654. The molecule has 0 amide bonds. The number of benzene rings is 6. The van der Waals surface area contributed by atoms with Gasteiger partial charge in [-0.15, -0.1) is 0 Å². The van der Waals surface area contributed by atoms with E-state index in [1.54, 1.807) is 0 Å². The van der Waals surface area contributed by atoms with E-state index < -0.39 is 14.3 Å². The quantitative estimate of drug-likeness (QED) is 0.163. The highest BCUT2D eigenvalue weighted by atomic mass is 31.2. The first-order valence-corrected chi connectivity index (χ1v) is 17.3. The average molecular weight is 580 g/mol. The summed E-state index contributed by atoms with van der Waals surface area (Å²) in [7, 11) is -6.61. The van der Waals surface area contributed by atoms with Gasteiger partial charge in [0.25, 0.3) is 0 Å². The zero-order valence-electron chi connectivity index (χ0n) is 22.7. The summed E-state index contributed by atoms with van der Waals surface area (Å²) in [6.07, 6.45) is 0. The minimum Gasteiger partial charge on any atom is -0.309 e. The van der Waals surface area contributed by atoms with Crippen LogP contribution < -0.4 is 31.8 Å². The van der Waals surface area contributed by atoms with Gasteiger partial charge in [-0.2, -0.15) is 0 Å². The molecule has 0 spiro atoms. The molecule has 0 saturated carbocycles. The van der Waals surface area contributed by atoms with E-state index in [1.807, 2.05) is 158 Å². The largest absolute Gasteiger partial charge is 0.309 e. The topological polar surface area (TPSA) is 47.0 Å². The average Bonchev–Trinajstić information content (AvgIpc) is 3.07. The molecule has 0 atom stereocenters. The van der Waals surface area contributed by atoms with Crippen molar-refractivity contribution in [1.29, 1.82) is 0 Å². The molecule has 0 fully saturated rings. The summed E-state index contributed by atoms with van der Waals surface area (Å²) in [5, 5.41) is 6.11. The number of rotatable bonds is 6. The van der Waals surface area contributed by atoms with Crippen molar-refractivity contribution in [3.63, 3.8) is 0 Å². The van der Waals surface area contributed by atoms with E-state index in [2.05, 4.69) is 6.07 Å². The molecule has 7 aromatic rings. The third-order valence-corrected chi connectivity index (χ3v) is 14.0. The number of nitrogens with zero attached hydrogens (tertiary/aromatic N) is 1. The summed E-state index contributed by atoms with van der Waals surface area (Å²) < 4.78 is 30.8. The van der Waals surface area contributed by atoms with Crippen LogP contribution in [0.15, 0.2) is 164 Å². The van der Waals surface area contributed by atoms with Crippen molar-refractivity contribution in [3.8, 4) is 0 Å². The monoisotopic (exact) mass is 579 g/mol. The Balaban J connectivity index is 1.57. The fourth-order valence-electron chi connectivity index (χ4n) is 5.77. The van der Waals surface area contributed by atoms with Gasteiger partial charge in [0.2, 0.25) is 0 Å². The summed E-state index contributed by atoms with van der Waals surface area (Å²) in [6, 6.07) is 52.4. The summed E-state index contributed by atoms with van der Waals surface area (Å²) in [5.74, 6) is 0. The molecule has 1 aromatic heterocycles. The molecule has 7 rings (SSSR count). The van der Waals surface area contributed by atoms with Gasteiger partial charge in [0.15, 0.2) is 14.3 Å². The van der Waals surface area contributed by atoms with E-state index in [0.29, 0.717) is 21.6 Å². The van der Waals surface area contributed by atoms with Crippen molar-refractivity contribution >= 4 is 67.9 Å². The van der Waals surface area contributed by atoms with Crippen molar-refractivity contribution in [3.05, 3.63) is 164 Å². The van der Waals surface area contributed by atoms with Crippen LogP contribution in [0.4, 0.5) is 0 Å². The molecule has 0 aliphatic carbocycles. The van der Waals surface area contributed by atoms with E-state index in [4.69, 9.17) is 4.98 Å². The zero-order chi connectivity index (χ0) is 28.6. The van der Waals surface area contributed by atoms with E-state index >= 15 is 9.13 Å². The van der Waals surface area contributed by atoms with Gasteiger partial charge in [-0.1, -0.05) is 146 Å². The van der Waals surface area contributed by atoms with Crippen molar-refractivity contribution in [2.75, 3.05) is 0 Å². The summed E-state index contributed by atoms with van der Waals surface area (Å²) >= 11 is 0. The Kier molecular flexibility index (Phi) is 6.71. The lowest BCUT2D eigenvalue weighted by molar-refractivity contribution is 0.592. The molecule has 0 bridgehead atoms. The third-order valence-electron chi connectivity index (χ3n) is 7.78. The van der Waals surface area contributed by atoms with Crippen LogP contribution in [-0.2, 0) is 9.13 Å². The molecule has 3 nitrogen and oxygen atoms in total. The van der Waals surface area contributed by atoms with E-state index in [9.17, 15) is 0 Å². The fraction of sp³-hybridized carbons (Fsp3) is 0. The van der Waals surface area contributed by atoms with Gasteiger partial charge in [0.05, 0.1) is 11.0 Å². The molecule has 1 heterocycles. The Morgan fingerprint density at radius 3 is 0.976 bits per heavy atom. The summed E-state index contributed by atoms with van der Waals surface area (Å²) in [4.78, 5) is 5.27. The second-order valence-corrected chi connectivity index (χ2v) is 15.7. The van der Waals surface area contributed by atoms with E-state index in [1.165, 1.54) is 0 Å². The van der Waals surface area contributed by atoms with Gasteiger partial charge in [0, 0.05) is 42.6 Å². The SMILES string of the molecule is O=P(c1ccccc1)(c1ccccc1)c1cccc2cc3cccc(P(=O)(c4ccccc4)c4ccccc4)c3nc12. The fourth-order valence-corrected chi connectivity index (χ4v) is 11.4. The smallest absolute Gasteiger partial charge is 0.173 e. The highest BCUT2D eigenvalue weighted by Gasteiger charge is 2.34. The van der Waals surface area contributed by atoms with Gasteiger partial charge < -0.3 is 9.13 Å². The predicted molar refractivity (Wildman–Crippen MR) is 178 cm³/mol. The Morgan fingerprint density at radius 1 is 0.357 bits per heavy atom. The molecule has 42 heavy (non-hydrogen) atoms. The molecule has 6 aromatic carbocycles. The number of hydrogen-bond donors (Lipinski definition) is 0. The Labute approximate surface area is 245 Å². The molecule has 0 aliphatic rings. The zero-order valence-corrected chi connectivity index (χ0v) is 24.5. The Morgan fingerprint density at radius 2 is 0.667 bits per heavy atom. The lowest BCUT2D eigenvalue weighted by atomic mass is 10.1. The van der Waals surface area contributed by atoms with Crippen LogP contribution in [0.25, 0.3) is 21.8 Å². The Hall–Kier alpha value is -4.55. The van der Waals surface area contributed by atoms with Crippen molar-refractivity contribution in [2.24, 2.45) is 0 Å². The first kappa shape index (κ1) is 26.4. The lowest BCUT2D eigenvalue weighted by Gasteiger charge is -2.23. The predicted octanol–water partition coefficient (Wildman–Crippen LogP) is 6.67. The third kappa shape index (κ3) is 4.25. The van der Waals surface area contributed by atoms with E-state index in [0.717, 1.165) is 32.0 Å². The maximum Gasteiger partial charge on any atom is 0.173 e. The molecule has 0 N–H and O–H groups in total. The molecular weight excluding hydrogens is 552 g/mol.